The van der Waals surface area contributed by atoms with Gasteiger partial charge in [-0.2, -0.15) is 0 Å². The summed E-state index contributed by atoms with van der Waals surface area (Å²) >= 11 is 0. The molecular formula is C16H21NO7. The molecule has 1 amide bonds. The number of hydrogen-bond donors (Lipinski definition) is 3. The maximum atomic E-state index is 11.9. The fourth-order valence-electron chi connectivity index (χ4n) is 2.30. The van der Waals surface area contributed by atoms with E-state index in [0.29, 0.717) is 13.2 Å². The normalized spacial score (nSPS) is 17.2. The van der Waals surface area contributed by atoms with Crippen LogP contribution in [0.2, 0.25) is 0 Å². The van der Waals surface area contributed by atoms with Gasteiger partial charge in [-0.3, -0.25) is 4.79 Å². The van der Waals surface area contributed by atoms with Crippen molar-refractivity contribution in [3.63, 3.8) is 0 Å². The Bertz CT molecular complexity index is 530. The van der Waals surface area contributed by atoms with E-state index >= 15 is 0 Å². The lowest BCUT2D eigenvalue weighted by atomic mass is 10.0. The SMILES string of the molecule is O=C(O)CC(O)C(CC1OCCO1)NC(=O)OCc1ccccc1. The summed E-state index contributed by atoms with van der Waals surface area (Å²) in [6, 6.07) is 8.26. The van der Waals surface area contributed by atoms with Gasteiger partial charge in [0.2, 0.25) is 0 Å². The summed E-state index contributed by atoms with van der Waals surface area (Å²) in [7, 11) is 0. The van der Waals surface area contributed by atoms with Crippen LogP contribution in [0.1, 0.15) is 18.4 Å². The van der Waals surface area contributed by atoms with E-state index in [2.05, 4.69) is 5.32 Å². The van der Waals surface area contributed by atoms with Crippen LogP contribution in [0.4, 0.5) is 4.79 Å². The summed E-state index contributed by atoms with van der Waals surface area (Å²) in [5, 5.41) is 21.3. The number of aliphatic hydroxyl groups excluding tert-OH is 1. The van der Waals surface area contributed by atoms with Gasteiger partial charge in [0.15, 0.2) is 6.29 Å². The van der Waals surface area contributed by atoms with Gasteiger partial charge < -0.3 is 29.7 Å². The molecule has 3 N–H and O–H groups in total. The van der Waals surface area contributed by atoms with E-state index in [1.165, 1.54) is 0 Å². The summed E-state index contributed by atoms with van der Waals surface area (Å²) in [5.74, 6) is -1.17. The minimum absolute atomic E-state index is 0.0743. The van der Waals surface area contributed by atoms with E-state index in [1.807, 2.05) is 30.3 Å². The maximum absolute atomic E-state index is 11.9. The first-order valence-corrected chi connectivity index (χ1v) is 7.65. The molecule has 8 nitrogen and oxygen atoms in total. The number of hydrogen-bond acceptors (Lipinski definition) is 6. The number of alkyl carbamates (subject to hydrolysis) is 1. The van der Waals surface area contributed by atoms with Crippen LogP contribution in [-0.4, -0.2) is 53.9 Å². The Balaban J connectivity index is 1.87. The summed E-state index contributed by atoms with van der Waals surface area (Å²) in [4.78, 5) is 22.7. The molecule has 1 aliphatic heterocycles. The molecule has 0 aromatic heterocycles. The highest BCUT2D eigenvalue weighted by Crippen LogP contribution is 2.15. The van der Waals surface area contributed by atoms with Gasteiger partial charge >= 0.3 is 12.1 Å². The average molecular weight is 339 g/mol. The Morgan fingerprint density at radius 3 is 2.54 bits per heavy atom. The van der Waals surface area contributed by atoms with Gasteiger partial charge in [-0.25, -0.2) is 4.79 Å². The number of carbonyl (C=O) groups excluding carboxylic acids is 1. The van der Waals surface area contributed by atoms with Crippen LogP contribution in [0.5, 0.6) is 0 Å². The lowest BCUT2D eigenvalue weighted by Crippen LogP contribution is -2.46. The lowest BCUT2D eigenvalue weighted by molar-refractivity contribution is -0.140. The van der Waals surface area contributed by atoms with Crippen molar-refractivity contribution in [2.24, 2.45) is 0 Å². The van der Waals surface area contributed by atoms with E-state index in [0.717, 1.165) is 5.56 Å². The third-order valence-electron chi connectivity index (χ3n) is 3.50. The highest BCUT2D eigenvalue weighted by atomic mass is 16.7. The standard InChI is InChI=1S/C16H21NO7/c18-13(9-14(19)20)12(8-15-22-6-7-23-15)17-16(21)24-10-11-4-2-1-3-5-11/h1-5,12-13,15,18H,6-10H2,(H,17,21)(H,19,20). The molecular weight excluding hydrogens is 318 g/mol. The van der Waals surface area contributed by atoms with E-state index in [1.54, 1.807) is 0 Å². The Labute approximate surface area is 139 Å². The van der Waals surface area contributed by atoms with E-state index in [9.17, 15) is 14.7 Å². The third-order valence-corrected chi connectivity index (χ3v) is 3.50. The smallest absolute Gasteiger partial charge is 0.407 e. The summed E-state index contributed by atoms with van der Waals surface area (Å²) in [6.07, 6.45) is -2.98. The number of carbonyl (C=O) groups is 2. The van der Waals surface area contributed by atoms with Crippen molar-refractivity contribution in [1.29, 1.82) is 0 Å². The second-order valence-corrected chi connectivity index (χ2v) is 5.38. The van der Waals surface area contributed by atoms with Crippen molar-refractivity contribution in [1.82, 2.24) is 5.32 Å². The van der Waals surface area contributed by atoms with Gasteiger partial charge in [-0.05, 0) is 5.56 Å². The Kier molecular flexibility index (Phi) is 6.98. The van der Waals surface area contributed by atoms with E-state index in [4.69, 9.17) is 19.3 Å². The molecule has 0 aliphatic carbocycles. The van der Waals surface area contributed by atoms with Crippen LogP contribution in [0.25, 0.3) is 0 Å². The van der Waals surface area contributed by atoms with Crippen molar-refractivity contribution >= 4 is 12.1 Å². The molecule has 0 spiro atoms. The van der Waals surface area contributed by atoms with Crippen molar-refractivity contribution in [3.8, 4) is 0 Å². The first-order chi connectivity index (χ1) is 11.5. The predicted molar refractivity (Wildman–Crippen MR) is 82.1 cm³/mol. The lowest BCUT2D eigenvalue weighted by Gasteiger charge is -2.24. The summed E-state index contributed by atoms with van der Waals surface area (Å²) < 4.78 is 15.6. The zero-order valence-corrected chi connectivity index (χ0v) is 13.1. The van der Waals surface area contributed by atoms with Crippen molar-refractivity contribution < 1.29 is 34.0 Å². The molecule has 1 fully saturated rings. The first-order valence-electron chi connectivity index (χ1n) is 7.65. The molecule has 0 saturated carbocycles. The predicted octanol–water partition coefficient (Wildman–Crippen LogP) is 0.880. The topological polar surface area (TPSA) is 114 Å². The maximum Gasteiger partial charge on any atom is 0.407 e. The van der Waals surface area contributed by atoms with Crippen LogP contribution in [0.3, 0.4) is 0 Å². The summed E-state index contributed by atoms with van der Waals surface area (Å²) in [5.41, 5.74) is 0.817. The molecule has 1 aromatic rings. The average Bonchev–Trinajstić information content (AvgIpc) is 3.06. The van der Waals surface area contributed by atoms with Crippen LogP contribution in [0, 0.1) is 0 Å². The minimum atomic E-state index is -1.28. The number of carboxylic acid groups (broad SMARTS) is 1. The summed E-state index contributed by atoms with van der Waals surface area (Å²) in [6.45, 7) is 0.917. The molecule has 2 unspecified atom stereocenters. The number of aliphatic hydroxyl groups is 1. The molecule has 1 saturated heterocycles. The van der Waals surface area contributed by atoms with E-state index < -0.39 is 36.9 Å². The molecule has 0 radical (unpaired) electrons. The van der Waals surface area contributed by atoms with Crippen LogP contribution < -0.4 is 5.32 Å². The Morgan fingerprint density at radius 2 is 1.92 bits per heavy atom. The monoisotopic (exact) mass is 339 g/mol. The van der Waals surface area contributed by atoms with Gasteiger partial charge in [0, 0.05) is 6.42 Å². The van der Waals surface area contributed by atoms with Crippen LogP contribution >= 0.6 is 0 Å². The number of benzene rings is 1. The number of ether oxygens (including phenoxy) is 3. The zero-order valence-electron chi connectivity index (χ0n) is 13.1. The third kappa shape index (κ3) is 6.15. The zero-order chi connectivity index (χ0) is 17.4. The van der Waals surface area contributed by atoms with Gasteiger partial charge in [-0.1, -0.05) is 30.3 Å². The van der Waals surface area contributed by atoms with Gasteiger partial charge in [0.05, 0.1) is 31.8 Å². The largest absolute Gasteiger partial charge is 0.481 e. The molecule has 1 aromatic carbocycles. The molecule has 0 bridgehead atoms. The molecule has 24 heavy (non-hydrogen) atoms. The molecule has 132 valence electrons. The first kappa shape index (κ1) is 18.2. The van der Waals surface area contributed by atoms with Gasteiger partial charge in [0.25, 0.3) is 0 Å². The van der Waals surface area contributed by atoms with Crippen molar-refractivity contribution in [2.75, 3.05) is 13.2 Å². The number of aliphatic carboxylic acids is 1. The van der Waals surface area contributed by atoms with E-state index in [-0.39, 0.29) is 13.0 Å². The van der Waals surface area contributed by atoms with Gasteiger partial charge in [0.1, 0.15) is 6.61 Å². The molecule has 8 heteroatoms. The number of rotatable bonds is 8. The number of carboxylic acids is 1. The molecule has 2 rings (SSSR count). The fourth-order valence-corrected chi connectivity index (χ4v) is 2.30. The quantitative estimate of drug-likeness (QED) is 0.644. The number of amides is 1. The fraction of sp³-hybridized carbons (Fsp3) is 0.500. The van der Waals surface area contributed by atoms with Crippen molar-refractivity contribution in [2.45, 2.75) is 37.9 Å². The highest BCUT2D eigenvalue weighted by molar-refractivity contribution is 5.69. The number of nitrogens with one attached hydrogen (secondary N) is 1. The van der Waals surface area contributed by atoms with Crippen molar-refractivity contribution in [3.05, 3.63) is 35.9 Å². The Hall–Kier alpha value is -2.16. The minimum Gasteiger partial charge on any atom is -0.481 e. The molecule has 2 atom stereocenters. The van der Waals surface area contributed by atoms with Crippen LogP contribution in [0.15, 0.2) is 30.3 Å². The second-order valence-electron chi connectivity index (χ2n) is 5.38. The van der Waals surface area contributed by atoms with Crippen LogP contribution in [-0.2, 0) is 25.6 Å². The molecule has 1 aliphatic rings. The Morgan fingerprint density at radius 1 is 1.25 bits per heavy atom. The molecule has 1 heterocycles. The van der Waals surface area contributed by atoms with Gasteiger partial charge in [-0.15, -0.1) is 0 Å². The second kappa shape index (κ2) is 9.21. The highest BCUT2D eigenvalue weighted by Gasteiger charge is 2.29.